The van der Waals surface area contributed by atoms with Crippen LogP contribution in [0.2, 0.25) is 0 Å². The summed E-state index contributed by atoms with van der Waals surface area (Å²) in [6.45, 7) is 30.2. The average molecular weight is 757 g/mol. The molecular formula is C40H88Br2N2. The summed E-state index contributed by atoms with van der Waals surface area (Å²) < 4.78 is 2.88. The van der Waals surface area contributed by atoms with Gasteiger partial charge in [0.2, 0.25) is 0 Å². The summed E-state index contributed by atoms with van der Waals surface area (Å²) in [5, 5.41) is 0. The van der Waals surface area contributed by atoms with E-state index in [0.717, 1.165) is 0 Å². The van der Waals surface area contributed by atoms with E-state index in [1.54, 1.807) is 0 Å². The van der Waals surface area contributed by atoms with E-state index >= 15 is 0 Å². The van der Waals surface area contributed by atoms with Crippen LogP contribution < -0.4 is 34.0 Å². The van der Waals surface area contributed by atoms with E-state index in [-0.39, 0.29) is 34.0 Å². The van der Waals surface area contributed by atoms with Gasteiger partial charge in [0.1, 0.15) is 0 Å². The molecule has 0 fully saturated rings. The fourth-order valence-electron chi connectivity index (χ4n) is 6.81. The first-order chi connectivity index (χ1) is 20.5. The summed E-state index contributed by atoms with van der Waals surface area (Å²) in [5.74, 6) is 0. The van der Waals surface area contributed by atoms with Gasteiger partial charge in [0.15, 0.2) is 0 Å². The monoisotopic (exact) mass is 755 g/mol. The quantitative estimate of drug-likeness (QED) is 0.0507. The van der Waals surface area contributed by atoms with Crippen LogP contribution in [0.3, 0.4) is 0 Å². The predicted molar refractivity (Wildman–Crippen MR) is 196 cm³/mol. The SMILES string of the molecule is CCCCCC[N+](CCCCCC)(CCCCCC)CCCCCC.CCCC[N+](CCCC)(CCCC)CCCC.[Br-].[Br-]. The summed E-state index contributed by atoms with van der Waals surface area (Å²) in [6, 6.07) is 0. The van der Waals surface area contributed by atoms with Gasteiger partial charge in [-0.3, -0.25) is 0 Å². The van der Waals surface area contributed by atoms with Crippen molar-refractivity contribution < 1.29 is 42.9 Å². The first-order valence-corrected chi connectivity index (χ1v) is 20.2. The standard InChI is InChI=1S/C24H52N.C16H36N.2BrH/c1-5-9-13-17-21-25(22-18-14-10-6-2,23-19-15-11-7-3)24-20-16-12-8-4;1-5-9-13-17(14-10-6-2,15-11-7-3)16-12-8-4;;/h5-24H2,1-4H3;5-16H2,1-4H3;2*1H/q2*+1;;/p-2. The topological polar surface area (TPSA) is 0 Å². The smallest absolute Gasteiger partial charge is 0.0786 e. The number of halogens is 2. The van der Waals surface area contributed by atoms with Gasteiger partial charge in [-0.1, -0.05) is 132 Å². The van der Waals surface area contributed by atoms with Crippen molar-refractivity contribution >= 4 is 0 Å². The second kappa shape index (κ2) is 40.1. The molecule has 44 heavy (non-hydrogen) atoms. The van der Waals surface area contributed by atoms with E-state index in [0.29, 0.717) is 0 Å². The average Bonchev–Trinajstić information content (AvgIpc) is 3.01. The molecule has 0 amide bonds. The highest BCUT2D eigenvalue weighted by Gasteiger charge is 2.26. The summed E-state index contributed by atoms with van der Waals surface area (Å²) in [7, 11) is 0. The van der Waals surface area contributed by atoms with Crippen LogP contribution in [0.4, 0.5) is 0 Å². The maximum Gasteiger partial charge on any atom is 0.0786 e. The third-order valence-corrected chi connectivity index (χ3v) is 9.89. The summed E-state index contributed by atoms with van der Waals surface area (Å²) in [6.07, 6.45) is 33.9. The fraction of sp³-hybridized carbons (Fsp3) is 1.00. The lowest BCUT2D eigenvalue weighted by molar-refractivity contribution is -0.929. The number of quaternary nitrogens is 2. The van der Waals surface area contributed by atoms with Crippen LogP contribution in [0.5, 0.6) is 0 Å². The second-order valence-corrected chi connectivity index (χ2v) is 14.1. The van der Waals surface area contributed by atoms with Gasteiger partial charge in [0.05, 0.1) is 52.4 Å². The van der Waals surface area contributed by atoms with Gasteiger partial charge in [-0.05, 0) is 77.0 Å². The molecule has 0 saturated carbocycles. The highest BCUT2D eigenvalue weighted by molar-refractivity contribution is 4.54. The maximum absolute atomic E-state index is 2.34. The molecule has 0 saturated heterocycles. The molecule has 0 radical (unpaired) electrons. The summed E-state index contributed by atoms with van der Waals surface area (Å²) >= 11 is 0. The zero-order valence-corrected chi connectivity index (χ0v) is 35.4. The maximum atomic E-state index is 2.34. The van der Waals surface area contributed by atoms with Gasteiger partial charge in [0, 0.05) is 0 Å². The fourth-order valence-corrected chi connectivity index (χ4v) is 6.81. The number of hydrogen-bond donors (Lipinski definition) is 0. The van der Waals surface area contributed by atoms with Gasteiger partial charge in [0.25, 0.3) is 0 Å². The molecule has 0 bridgehead atoms. The summed E-state index contributed by atoms with van der Waals surface area (Å²) in [4.78, 5) is 0. The molecule has 0 atom stereocenters. The lowest BCUT2D eigenvalue weighted by Crippen LogP contribution is -3.00. The molecule has 2 nitrogen and oxygen atoms in total. The van der Waals surface area contributed by atoms with Crippen molar-refractivity contribution in [1.82, 2.24) is 0 Å². The normalized spacial score (nSPS) is 11.5. The van der Waals surface area contributed by atoms with E-state index in [1.807, 2.05) is 0 Å². The van der Waals surface area contributed by atoms with Crippen LogP contribution in [0.15, 0.2) is 0 Å². The molecule has 0 aliphatic carbocycles. The van der Waals surface area contributed by atoms with E-state index in [4.69, 9.17) is 0 Å². The van der Waals surface area contributed by atoms with Crippen molar-refractivity contribution in [3.63, 3.8) is 0 Å². The molecule has 0 aromatic rings. The van der Waals surface area contributed by atoms with Crippen LogP contribution >= 0.6 is 0 Å². The predicted octanol–water partition coefficient (Wildman–Crippen LogP) is 7.14. The molecule has 0 aromatic heterocycles. The minimum atomic E-state index is 0. The van der Waals surface area contributed by atoms with Crippen molar-refractivity contribution in [2.75, 3.05) is 52.4 Å². The third kappa shape index (κ3) is 31.5. The minimum Gasteiger partial charge on any atom is -1.00 e. The molecule has 0 aliphatic rings. The Morgan fingerprint density at radius 2 is 0.364 bits per heavy atom. The Bertz CT molecular complexity index is 409. The molecular weight excluding hydrogens is 668 g/mol. The molecule has 0 N–H and O–H groups in total. The van der Waals surface area contributed by atoms with Crippen LogP contribution in [0.25, 0.3) is 0 Å². The number of nitrogens with zero attached hydrogens (tertiary/aromatic N) is 2. The van der Waals surface area contributed by atoms with E-state index < -0.39 is 0 Å². The molecule has 0 aromatic carbocycles. The van der Waals surface area contributed by atoms with E-state index in [2.05, 4.69) is 55.4 Å². The Morgan fingerprint density at radius 3 is 0.523 bits per heavy atom. The lowest BCUT2D eigenvalue weighted by Gasteiger charge is -2.39. The van der Waals surface area contributed by atoms with Crippen molar-refractivity contribution in [3.05, 3.63) is 0 Å². The van der Waals surface area contributed by atoms with Crippen molar-refractivity contribution in [2.24, 2.45) is 0 Å². The molecule has 0 heterocycles. The molecule has 4 heteroatoms. The Kier molecular flexibility index (Phi) is 47.1. The van der Waals surface area contributed by atoms with Gasteiger partial charge in [-0.2, -0.15) is 0 Å². The van der Waals surface area contributed by atoms with Gasteiger partial charge < -0.3 is 42.9 Å². The molecule has 0 rings (SSSR count). The Morgan fingerprint density at radius 1 is 0.205 bits per heavy atom. The first-order valence-electron chi connectivity index (χ1n) is 20.2. The zero-order chi connectivity index (χ0) is 31.6. The Labute approximate surface area is 303 Å². The number of rotatable bonds is 32. The molecule has 0 aliphatic heterocycles. The van der Waals surface area contributed by atoms with Crippen LogP contribution in [0.1, 0.15) is 209 Å². The van der Waals surface area contributed by atoms with Crippen molar-refractivity contribution in [3.8, 4) is 0 Å². The largest absolute Gasteiger partial charge is 1.00 e. The summed E-state index contributed by atoms with van der Waals surface area (Å²) in [5.41, 5.74) is 0. The van der Waals surface area contributed by atoms with Crippen molar-refractivity contribution in [2.45, 2.75) is 209 Å². The van der Waals surface area contributed by atoms with Crippen LogP contribution in [0, 0.1) is 0 Å². The van der Waals surface area contributed by atoms with E-state index in [9.17, 15) is 0 Å². The number of hydrogen-bond acceptors (Lipinski definition) is 0. The van der Waals surface area contributed by atoms with Gasteiger partial charge in [-0.15, -0.1) is 0 Å². The van der Waals surface area contributed by atoms with E-state index in [1.165, 1.54) is 215 Å². The van der Waals surface area contributed by atoms with Gasteiger partial charge in [-0.25, -0.2) is 0 Å². The van der Waals surface area contributed by atoms with Gasteiger partial charge >= 0.3 is 0 Å². The highest BCUT2D eigenvalue weighted by atomic mass is 79.9. The minimum absolute atomic E-state index is 0. The third-order valence-electron chi connectivity index (χ3n) is 9.89. The second-order valence-electron chi connectivity index (χ2n) is 14.1. The van der Waals surface area contributed by atoms with Crippen molar-refractivity contribution in [1.29, 1.82) is 0 Å². The Balaban J connectivity index is -0.000000371. The van der Waals surface area contributed by atoms with Crippen LogP contribution in [-0.4, -0.2) is 61.3 Å². The van der Waals surface area contributed by atoms with Crippen LogP contribution in [-0.2, 0) is 0 Å². The lowest BCUT2D eigenvalue weighted by atomic mass is 10.1. The Hall–Kier alpha value is 0.880. The molecule has 0 spiro atoms. The molecule has 272 valence electrons. The first kappa shape index (κ1) is 51.7. The highest BCUT2D eigenvalue weighted by Crippen LogP contribution is 2.20. The zero-order valence-electron chi connectivity index (χ0n) is 32.3. The number of unbranched alkanes of at least 4 members (excludes halogenated alkanes) is 16. The molecule has 0 unspecified atom stereocenters.